The number of aromatic nitrogens is 1. The van der Waals surface area contributed by atoms with Crippen molar-refractivity contribution in [2.75, 3.05) is 11.9 Å². The quantitative estimate of drug-likeness (QED) is 0.496. The van der Waals surface area contributed by atoms with Crippen LogP contribution in [0.4, 0.5) is 5.69 Å². The molecule has 6 heteroatoms. The van der Waals surface area contributed by atoms with Gasteiger partial charge in [-0.25, -0.2) is 9.78 Å². The van der Waals surface area contributed by atoms with Gasteiger partial charge in [-0.05, 0) is 42.0 Å². The molecule has 1 heterocycles. The molecule has 1 amide bonds. The molecule has 1 aromatic heterocycles. The average Bonchev–Trinajstić information content (AvgIpc) is 3.14. The van der Waals surface area contributed by atoms with Crippen molar-refractivity contribution >= 4 is 17.6 Å². The zero-order valence-corrected chi connectivity index (χ0v) is 18.6. The van der Waals surface area contributed by atoms with Crippen molar-refractivity contribution in [1.82, 2.24) is 4.98 Å². The van der Waals surface area contributed by atoms with Crippen LogP contribution in [0.15, 0.2) is 52.9 Å². The number of hydrogen-bond acceptors (Lipinski definition) is 5. The number of benzene rings is 2. The van der Waals surface area contributed by atoms with Crippen molar-refractivity contribution in [1.29, 1.82) is 0 Å². The lowest BCUT2D eigenvalue weighted by atomic mass is 9.92. The highest BCUT2D eigenvalue weighted by Crippen LogP contribution is 2.32. The number of aryl methyl sites for hydroxylation is 1. The second-order valence-corrected chi connectivity index (χ2v) is 8.04. The van der Waals surface area contributed by atoms with E-state index < -0.39 is 18.5 Å². The van der Waals surface area contributed by atoms with E-state index in [0.717, 1.165) is 22.4 Å². The van der Waals surface area contributed by atoms with E-state index in [-0.39, 0.29) is 17.5 Å². The number of ether oxygens (including phenoxy) is 1. The first kappa shape index (κ1) is 22.3. The van der Waals surface area contributed by atoms with Gasteiger partial charge in [-0.3, -0.25) is 4.79 Å². The van der Waals surface area contributed by atoms with Gasteiger partial charge in [0.1, 0.15) is 5.76 Å². The van der Waals surface area contributed by atoms with Gasteiger partial charge in [0.25, 0.3) is 5.91 Å². The molecule has 1 N–H and O–H groups in total. The highest BCUT2D eigenvalue weighted by molar-refractivity contribution is 5.96. The highest BCUT2D eigenvalue weighted by atomic mass is 16.5. The van der Waals surface area contributed by atoms with Gasteiger partial charge in [0.05, 0.1) is 0 Å². The Bertz CT molecular complexity index is 1040. The van der Waals surface area contributed by atoms with Gasteiger partial charge in [-0.1, -0.05) is 64.1 Å². The van der Waals surface area contributed by atoms with Gasteiger partial charge >= 0.3 is 5.97 Å². The maximum atomic E-state index is 12.6. The first-order valence-electron chi connectivity index (χ1n) is 10.4. The summed E-state index contributed by atoms with van der Waals surface area (Å²) in [5.74, 6) is 0.0718. The van der Waals surface area contributed by atoms with E-state index in [4.69, 9.17) is 9.15 Å². The number of carbonyl (C=O) groups excluding carboxylic acids is 2. The lowest BCUT2D eigenvalue weighted by Crippen LogP contribution is -2.23. The average molecular weight is 421 g/mol. The molecule has 0 saturated carbocycles. The highest BCUT2D eigenvalue weighted by Gasteiger charge is 2.21. The van der Waals surface area contributed by atoms with Crippen LogP contribution < -0.4 is 5.32 Å². The number of anilines is 1. The third-order valence-corrected chi connectivity index (χ3v) is 4.98. The van der Waals surface area contributed by atoms with Crippen molar-refractivity contribution < 1.29 is 18.7 Å². The molecule has 0 aliphatic heterocycles. The fourth-order valence-electron chi connectivity index (χ4n) is 3.36. The summed E-state index contributed by atoms with van der Waals surface area (Å²) in [4.78, 5) is 29.3. The number of para-hydroxylation sites is 1. The van der Waals surface area contributed by atoms with Crippen LogP contribution in [0, 0.1) is 6.92 Å². The molecule has 0 aliphatic rings. The van der Waals surface area contributed by atoms with E-state index in [1.54, 1.807) is 6.92 Å². The second kappa shape index (κ2) is 9.60. The molecular weight excluding hydrogens is 392 g/mol. The van der Waals surface area contributed by atoms with E-state index in [1.165, 1.54) is 0 Å². The molecular formula is C25H28N2O4. The molecule has 0 radical (unpaired) electrons. The Hall–Kier alpha value is -3.41. The fraction of sp³-hybridized carbons (Fsp3) is 0.320. The minimum absolute atomic E-state index is 0.0668. The van der Waals surface area contributed by atoms with Crippen LogP contribution in [0.5, 0.6) is 0 Å². The summed E-state index contributed by atoms with van der Waals surface area (Å²) in [5, 5.41) is 2.93. The SMILES string of the molecule is Cc1oc(-c2ccccc2)nc1C(=O)OCC(=O)Nc1c(C(C)C)cccc1C(C)C. The molecule has 0 atom stereocenters. The number of esters is 1. The number of oxazole rings is 1. The minimum atomic E-state index is -0.695. The fourth-order valence-corrected chi connectivity index (χ4v) is 3.36. The zero-order chi connectivity index (χ0) is 22.5. The Kier molecular flexibility index (Phi) is 6.90. The van der Waals surface area contributed by atoms with Crippen molar-refractivity contribution in [3.8, 4) is 11.5 Å². The number of rotatable bonds is 7. The second-order valence-electron chi connectivity index (χ2n) is 8.04. The summed E-state index contributed by atoms with van der Waals surface area (Å²) >= 11 is 0. The first-order valence-corrected chi connectivity index (χ1v) is 10.4. The van der Waals surface area contributed by atoms with Crippen LogP contribution in [0.2, 0.25) is 0 Å². The molecule has 0 unspecified atom stereocenters. The molecule has 2 aromatic carbocycles. The van der Waals surface area contributed by atoms with Crippen LogP contribution in [0.3, 0.4) is 0 Å². The lowest BCUT2D eigenvalue weighted by molar-refractivity contribution is -0.119. The molecule has 31 heavy (non-hydrogen) atoms. The third kappa shape index (κ3) is 5.20. The summed E-state index contributed by atoms with van der Waals surface area (Å²) < 4.78 is 10.8. The summed E-state index contributed by atoms with van der Waals surface area (Å²) in [7, 11) is 0. The van der Waals surface area contributed by atoms with Gasteiger partial charge in [0.2, 0.25) is 5.89 Å². The van der Waals surface area contributed by atoms with Crippen molar-refractivity contribution in [3.63, 3.8) is 0 Å². The third-order valence-electron chi connectivity index (χ3n) is 4.98. The van der Waals surface area contributed by atoms with Gasteiger partial charge < -0.3 is 14.5 Å². The molecule has 3 rings (SSSR count). The molecule has 0 saturated heterocycles. The number of amides is 1. The van der Waals surface area contributed by atoms with Gasteiger partial charge in [0.15, 0.2) is 12.3 Å². The number of carbonyl (C=O) groups is 2. The normalized spacial score (nSPS) is 11.1. The number of nitrogens with zero attached hydrogens (tertiary/aromatic N) is 1. The largest absolute Gasteiger partial charge is 0.451 e. The summed E-state index contributed by atoms with van der Waals surface area (Å²) in [6.45, 7) is 9.54. The molecule has 0 spiro atoms. The van der Waals surface area contributed by atoms with Crippen molar-refractivity contribution in [2.24, 2.45) is 0 Å². The Balaban J connectivity index is 1.70. The Morgan fingerprint density at radius 2 is 1.58 bits per heavy atom. The van der Waals surface area contributed by atoms with E-state index in [0.29, 0.717) is 11.7 Å². The minimum Gasteiger partial charge on any atom is -0.451 e. The summed E-state index contributed by atoms with van der Waals surface area (Å²) in [5.41, 5.74) is 3.71. The molecule has 0 aliphatic carbocycles. The van der Waals surface area contributed by atoms with Crippen LogP contribution in [0.1, 0.15) is 66.9 Å². The Morgan fingerprint density at radius 1 is 0.968 bits per heavy atom. The Labute approximate surface area is 182 Å². The molecule has 0 bridgehead atoms. The van der Waals surface area contributed by atoms with E-state index >= 15 is 0 Å². The maximum absolute atomic E-state index is 12.6. The van der Waals surface area contributed by atoms with Crippen LogP contribution >= 0.6 is 0 Å². The van der Waals surface area contributed by atoms with Gasteiger partial charge in [0, 0.05) is 11.3 Å². The van der Waals surface area contributed by atoms with Crippen molar-refractivity contribution in [2.45, 2.75) is 46.5 Å². The maximum Gasteiger partial charge on any atom is 0.361 e. The van der Waals surface area contributed by atoms with Crippen LogP contribution in [-0.4, -0.2) is 23.5 Å². The monoisotopic (exact) mass is 420 g/mol. The lowest BCUT2D eigenvalue weighted by Gasteiger charge is -2.20. The number of hydrogen-bond donors (Lipinski definition) is 1. The molecule has 3 aromatic rings. The molecule has 6 nitrogen and oxygen atoms in total. The van der Waals surface area contributed by atoms with E-state index in [1.807, 2.05) is 48.5 Å². The van der Waals surface area contributed by atoms with Crippen LogP contribution in [-0.2, 0) is 9.53 Å². The standard InChI is InChI=1S/C25H28N2O4/c1-15(2)19-12-9-13-20(16(3)4)23(19)26-21(28)14-30-25(29)22-17(5)31-24(27-22)18-10-7-6-8-11-18/h6-13,15-16H,14H2,1-5H3,(H,26,28). The smallest absolute Gasteiger partial charge is 0.361 e. The van der Waals surface area contributed by atoms with E-state index in [2.05, 4.69) is 38.0 Å². The zero-order valence-electron chi connectivity index (χ0n) is 18.6. The summed E-state index contributed by atoms with van der Waals surface area (Å²) in [6.07, 6.45) is 0. The van der Waals surface area contributed by atoms with Gasteiger partial charge in [-0.2, -0.15) is 0 Å². The topological polar surface area (TPSA) is 81.4 Å². The van der Waals surface area contributed by atoms with Gasteiger partial charge in [-0.15, -0.1) is 0 Å². The Morgan fingerprint density at radius 3 is 2.16 bits per heavy atom. The number of nitrogens with one attached hydrogen (secondary N) is 1. The predicted octanol–water partition coefficient (Wildman–Crippen LogP) is 5.69. The molecule has 162 valence electrons. The predicted molar refractivity (Wildman–Crippen MR) is 120 cm³/mol. The first-order chi connectivity index (χ1) is 14.8. The molecule has 0 fully saturated rings. The summed E-state index contributed by atoms with van der Waals surface area (Å²) in [6, 6.07) is 15.3. The van der Waals surface area contributed by atoms with Crippen LogP contribution in [0.25, 0.3) is 11.5 Å². The van der Waals surface area contributed by atoms with Crippen molar-refractivity contribution in [3.05, 3.63) is 71.1 Å². The van der Waals surface area contributed by atoms with E-state index in [9.17, 15) is 9.59 Å².